The Morgan fingerprint density at radius 3 is 2.70 bits per heavy atom. The summed E-state index contributed by atoms with van der Waals surface area (Å²) in [5, 5.41) is 22.2. The number of amides is 1. The molecule has 1 saturated heterocycles. The van der Waals surface area contributed by atoms with E-state index in [9.17, 15) is 9.90 Å². The zero-order valence-corrected chi connectivity index (χ0v) is 17.4. The highest BCUT2D eigenvalue weighted by molar-refractivity contribution is 5.92. The van der Waals surface area contributed by atoms with Gasteiger partial charge in [0, 0.05) is 6.54 Å². The summed E-state index contributed by atoms with van der Waals surface area (Å²) in [6.07, 6.45) is 4.23. The molecule has 0 bridgehead atoms. The SMILES string of the molecule is Cl.O=C(c1cn(C2CCNCC2)nn1)N(Cc1ccccc1)CC(O)c1ccco1. The van der Waals surface area contributed by atoms with Gasteiger partial charge in [0.25, 0.3) is 5.91 Å². The first-order chi connectivity index (χ1) is 14.2. The quantitative estimate of drug-likeness (QED) is 0.597. The van der Waals surface area contributed by atoms with E-state index in [1.54, 1.807) is 27.9 Å². The van der Waals surface area contributed by atoms with Gasteiger partial charge in [-0.3, -0.25) is 4.79 Å². The summed E-state index contributed by atoms with van der Waals surface area (Å²) in [5.41, 5.74) is 1.25. The van der Waals surface area contributed by atoms with Crippen LogP contribution < -0.4 is 5.32 Å². The molecule has 1 aliphatic heterocycles. The predicted octanol–water partition coefficient (Wildman–Crippen LogP) is 2.59. The first-order valence-electron chi connectivity index (χ1n) is 9.88. The fraction of sp³-hybridized carbons (Fsp3) is 0.381. The van der Waals surface area contributed by atoms with Crippen molar-refractivity contribution in [3.63, 3.8) is 0 Å². The second kappa shape index (κ2) is 10.4. The van der Waals surface area contributed by atoms with Crippen molar-refractivity contribution in [3.8, 4) is 0 Å². The number of nitrogens with zero attached hydrogens (tertiary/aromatic N) is 4. The van der Waals surface area contributed by atoms with Crippen LogP contribution in [0.25, 0.3) is 0 Å². The molecule has 0 saturated carbocycles. The zero-order chi connectivity index (χ0) is 20.1. The third-order valence-corrected chi connectivity index (χ3v) is 5.18. The van der Waals surface area contributed by atoms with E-state index in [0.29, 0.717) is 12.3 Å². The van der Waals surface area contributed by atoms with E-state index in [1.807, 2.05) is 30.3 Å². The van der Waals surface area contributed by atoms with E-state index < -0.39 is 6.10 Å². The molecule has 0 radical (unpaired) electrons. The van der Waals surface area contributed by atoms with Crippen LogP contribution in [0.3, 0.4) is 0 Å². The molecular weight excluding hydrogens is 406 g/mol. The number of halogens is 1. The third-order valence-electron chi connectivity index (χ3n) is 5.18. The average molecular weight is 432 g/mol. The first kappa shape index (κ1) is 22.0. The second-order valence-corrected chi connectivity index (χ2v) is 7.27. The summed E-state index contributed by atoms with van der Waals surface area (Å²) in [5.74, 6) is 0.161. The highest BCUT2D eigenvalue weighted by atomic mass is 35.5. The standard InChI is InChI=1S/C21H25N5O3.ClH/c27-19(20-7-4-12-29-20)15-25(13-16-5-2-1-3-6-16)21(28)18-14-26(24-23-18)17-8-10-22-11-9-17;/h1-7,12,14,17,19,22,27H,8-11,13,15H2;1H. The predicted molar refractivity (Wildman–Crippen MR) is 113 cm³/mol. The van der Waals surface area contributed by atoms with Crippen LogP contribution >= 0.6 is 12.4 Å². The molecule has 0 aliphatic carbocycles. The number of nitrogens with one attached hydrogen (secondary N) is 1. The fourth-order valence-corrected chi connectivity index (χ4v) is 3.59. The number of carbonyl (C=O) groups is 1. The lowest BCUT2D eigenvalue weighted by atomic mass is 10.1. The number of aliphatic hydroxyl groups excluding tert-OH is 1. The van der Waals surface area contributed by atoms with Gasteiger partial charge < -0.3 is 19.7 Å². The van der Waals surface area contributed by atoms with E-state index in [4.69, 9.17) is 4.42 Å². The summed E-state index contributed by atoms with van der Waals surface area (Å²) >= 11 is 0. The lowest BCUT2D eigenvalue weighted by molar-refractivity contribution is 0.0558. The lowest BCUT2D eigenvalue weighted by Gasteiger charge is -2.24. The number of carbonyl (C=O) groups excluding carboxylic acids is 1. The Morgan fingerprint density at radius 2 is 2.00 bits per heavy atom. The Bertz CT molecular complexity index is 910. The van der Waals surface area contributed by atoms with Gasteiger partial charge in [-0.05, 0) is 43.6 Å². The van der Waals surface area contributed by atoms with Crippen LogP contribution in [0.4, 0.5) is 0 Å². The van der Waals surface area contributed by atoms with E-state index in [-0.39, 0.29) is 36.6 Å². The fourth-order valence-electron chi connectivity index (χ4n) is 3.59. The van der Waals surface area contributed by atoms with Crippen LogP contribution in [0.5, 0.6) is 0 Å². The molecule has 2 aromatic heterocycles. The van der Waals surface area contributed by atoms with E-state index in [0.717, 1.165) is 31.5 Å². The summed E-state index contributed by atoms with van der Waals surface area (Å²) in [6, 6.07) is 13.3. The molecule has 3 aromatic rings. The van der Waals surface area contributed by atoms with Crippen LogP contribution in [-0.2, 0) is 6.54 Å². The van der Waals surface area contributed by atoms with Gasteiger partial charge in [-0.25, -0.2) is 4.68 Å². The number of hydrogen-bond acceptors (Lipinski definition) is 6. The number of benzene rings is 1. The van der Waals surface area contributed by atoms with Gasteiger partial charge in [0.2, 0.25) is 0 Å². The van der Waals surface area contributed by atoms with Crippen molar-refractivity contribution in [1.82, 2.24) is 25.2 Å². The molecule has 8 nitrogen and oxygen atoms in total. The Labute approximate surface area is 181 Å². The van der Waals surface area contributed by atoms with Gasteiger partial charge in [-0.2, -0.15) is 0 Å². The highest BCUT2D eigenvalue weighted by Crippen LogP contribution is 2.20. The maximum Gasteiger partial charge on any atom is 0.276 e. The monoisotopic (exact) mass is 431 g/mol. The third kappa shape index (κ3) is 5.27. The van der Waals surface area contributed by atoms with Gasteiger partial charge in [0.1, 0.15) is 11.9 Å². The Kier molecular flexibility index (Phi) is 7.62. The Balaban J connectivity index is 0.00000256. The normalized spacial score (nSPS) is 15.4. The van der Waals surface area contributed by atoms with Gasteiger partial charge in [-0.1, -0.05) is 35.5 Å². The van der Waals surface area contributed by atoms with Gasteiger partial charge in [0.15, 0.2) is 5.69 Å². The molecule has 1 atom stereocenters. The van der Waals surface area contributed by atoms with Crippen molar-refractivity contribution < 1.29 is 14.3 Å². The minimum atomic E-state index is -0.919. The van der Waals surface area contributed by atoms with Crippen molar-refractivity contribution in [2.45, 2.75) is 31.5 Å². The summed E-state index contributed by atoms with van der Waals surface area (Å²) in [6.45, 7) is 2.33. The highest BCUT2D eigenvalue weighted by Gasteiger charge is 2.25. The van der Waals surface area contributed by atoms with E-state index >= 15 is 0 Å². The summed E-state index contributed by atoms with van der Waals surface area (Å²) in [4.78, 5) is 14.8. The first-order valence-corrected chi connectivity index (χ1v) is 9.88. The van der Waals surface area contributed by atoms with Crippen molar-refractivity contribution in [2.24, 2.45) is 0 Å². The van der Waals surface area contributed by atoms with Crippen molar-refractivity contribution in [2.75, 3.05) is 19.6 Å². The Morgan fingerprint density at radius 1 is 1.23 bits per heavy atom. The number of aliphatic hydroxyl groups is 1. The number of furan rings is 1. The Hall–Kier alpha value is -2.68. The van der Waals surface area contributed by atoms with Crippen molar-refractivity contribution in [3.05, 3.63) is 71.9 Å². The molecule has 2 N–H and O–H groups in total. The minimum absolute atomic E-state index is 0. The lowest BCUT2D eigenvalue weighted by Crippen LogP contribution is -2.34. The van der Waals surface area contributed by atoms with E-state index in [2.05, 4.69) is 15.6 Å². The molecule has 9 heteroatoms. The molecule has 30 heavy (non-hydrogen) atoms. The molecular formula is C21H26ClN5O3. The van der Waals surface area contributed by atoms with Crippen molar-refractivity contribution >= 4 is 18.3 Å². The number of aromatic nitrogens is 3. The molecule has 3 heterocycles. The van der Waals surface area contributed by atoms with Crippen LogP contribution in [-0.4, -0.2) is 50.5 Å². The van der Waals surface area contributed by atoms with Crippen LogP contribution in [0.2, 0.25) is 0 Å². The second-order valence-electron chi connectivity index (χ2n) is 7.27. The topological polar surface area (TPSA) is 96.4 Å². The van der Waals surface area contributed by atoms with E-state index in [1.165, 1.54) is 6.26 Å². The minimum Gasteiger partial charge on any atom is -0.467 e. The van der Waals surface area contributed by atoms with Gasteiger partial charge in [0.05, 0.1) is 25.0 Å². The maximum absolute atomic E-state index is 13.2. The largest absolute Gasteiger partial charge is 0.467 e. The van der Waals surface area contributed by atoms with Crippen LogP contribution in [0.1, 0.15) is 46.8 Å². The molecule has 160 valence electrons. The van der Waals surface area contributed by atoms with Crippen molar-refractivity contribution in [1.29, 1.82) is 0 Å². The summed E-state index contributed by atoms with van der Waals surface area (Å²) < 4.78 is 7.08. The molecule has 1 fully saturated rings. The van der Waals surface area contributed by atoms with Crippen LogP contribution in [0, 0.1) is 0 Å². The molecule has 1 aromatic carbocycles. The van der Waals surface area contributed by atoms with Crippen LogP contribution in [0.15, 0.2) is 59.3 Å². The summed E-state index contributed by atoms with van der Waals surface area (Å²) in [7, 11) is 0. The number of rotatable bonds is 7. The average Bonchev–Trinajstić information content (AvgIpc) is 3.46. The smallest absolute Gasteiger partial charge is 0.276 e. The molecule has 0 spiro atoms. The zero-order valence-electron chi connectivity index (χ0n) is 16.6. The van der Waals surface area contributed by atoms with Gasteiger partial charge in [-0.15, -0.1) is 17.5 Å². The molecule has 4 rings (SSSR count). The maximum atomic E-state index is 13.2. The number of piperidine rings is 1. The number of hydrogen-bond donors (Lipinski definition) is 2. The molecule has 1 amide bonds. The molecule has 1 unspecified atom stereocenters. The van der Waals surface area contributed by atoms with Gasteiger partial charge >= 0.3 is 0 Å². The molecule has 1 aliphatic rings.